The van der Waals surface area contributed by atoms with Gasteiger partial charge < -0.3 is 15.4 Å². The Labute approximate surface area is 179 Å². The Morgan fingerprint density at radius 2 is 1.90 bits per heavy atom. The number of carbonyl (C=O) groups is 1. The van der Waals surface area contributed by atoms with E-state index in [1.54, 1.807) is 10.7 Å². The molecule has 1 N–H and O–H groups in total. The molecule has 4 aromatic rings. The zero-order chi connectivity index (χ0) is 21.1. The van der Waals surface area contributed by atoms with Gasteiger partial charge in [0.25, 0.3) is 0 Å². The van der Waals surface area contributed by atoms with Gasteiger partial charge in [0.1, 0.15) is 4.47 Å². The summed E-state index contributed by atoms with van der Waals surface area (Å²) in [5, 5.41) is 24.2. The molecule has 1 amide bonds. The molecule has 0 radical (unpaired) electrons. The van der Waals surface area contributed by atoms with E-state index >= 15 is 0 Å². The van der Waals surface area contributed by atoms with E-state index in [0.29, 0.717) is 12.4 Å². The van der Waals surface area contributed by atoms with Gasteiger partial charge in [0.05, 0.1) is 24.4 Å². The van der Waals surface area contributed by atoms with Crippen LogP contribution in [-0.4, -0.2) is 30.4 Å². The normalized spacial score (nSPS) is 11.0. The van der Waals surface area contributed by atoms with Crippen LogP contribution in [0.3, 0.4) is 0 Å². The van der Waals surface area contributed by atoms with E-state index in [0.717, 1.165) is 5.56 Å². The van der Waals surface area contributed by atoms with Crippen LogP contribution < -0.4 is 5.32 Å². The highest BCUT2D eigenvalue weighted by molar-refractivity contribution is 9.10. The molecule has 30 heavy (non-hydrogen) atoms. The second kappa shape index (κ2) is 8.46. The Hall–Kier alpha value is -3.53. The molecule has 0 aliphatic carbocycles. The number of carbonyl (C=O) groups excluding carboxylic acids is 1. The summed E-state index contributed by atoms with van der Waals surface area (Å²) in [5.41, 5.74) is 1.14. The molecule has 0 fully saturated rings. The molecule has 0 saturated heterocycles. The average molecular weight is 469 g/mol. The second-order valence-corrected chi connectivity index (χ2v) is 7.51. The summed E-state index contributed by atoms with van der Waals surface area (Å²) in [5.74, 6) is -0.0739. The molecule has 0 spiro atoms. The number of fused-ring (bicyclic) bond motifs is 1. The van der Waals surface area contributed by atoms with Crippen molar-refractivity contribution in [3.63, 3.8) is 0 Å². The molecule has 0 bridgehead atoms. The number of hydrogen-bond donors (Lipinski definition) is 1. The molecule has 10 heteroatoms. The highest BCUT2D eigenvalue weighted by atomic mass is 79.9. The first-order valence-electron chi connectivity index (χ1n) is 9.17. The maximum Gasteiger partial charge on any atom is 0.404 e. The number of rotatable bonds is 7. The van der Waals surface area contributed by atoms with Gasteiger partial charge in [-0.15, -0.1) is 0 Å². The lowest BCUT2D eigenvalue weighted by Crippen LogP contribution is -2.15. The fourth-order valence-corrected chi connectivity index (χ4v) is 3.63. The molecule has 0 aliphatic heterocycles. The van der Waals surface area contributed by atoms with Crippen molar-refractivity contribution >= 4 is 44.2 Å². The minimum atomic E-state index is -0.580. The lowest BCUT2D eigenvalue weighted by Gasteiger charge is -2.07. The predicted octanol–water partition coefficient (Wildman–Crippen LogP) is 3.98. The van der Waals surface area contributed by atoms with Gasteiger partial charge in [-0.3, -0.25) is 9.48 Å². The average Bonchev–Trinajstić information content (AvgIpc) is 3.32. The second-order valence-electron chi connectivity index (χ2n) is 6.66. The Morgan fingerprint density at radius 3 is 2.70 bits per heavy atom. The molecule has 2 aromatic heterocycles. The van der Waals surface area contributed by atoms with Crippen molar-refractivity contribution in [1.29, 1.82) is 0 Å². The summed E-state index contributed by atoms with van der Waals surface area (Å²) in [4.78, 5) is 22.5. The minimum Gasteiger partial charge on any atom is -0.358 e. The van der Waals surface area contributed by atoms with Crippen molar-refractivity contribution in [2.75, 3.05) is 5.32 Å². The van der Waals surface area contributed by atoms with Crippen LogP contribution >= 0.6 is 15.9 Å². The maximum absolute atomic E-state index is 12.2. The third-order valence-corrected chi connectivity index (χ3v) is 5.12. The van der Waals surface area contributed by atoms with E-state index in [1.807, 2.05) is 24.4 Å². The number of anilines is 1. The fourth-order valence-electron chi connectivity index (χ4n) is 3.17. The number of aryl methyl sites for hydroxylation is 1. The Bertz CT molecular complexity index is 1230. The first-order chi connectivity index (χ1) is 14.5. The Balaban J connectivity index is 1.36. The number of aromatic nitrogens is 4. The molecule has 2 heterocycles. The van der Waals surface area contributed by atoms with Crippen LogP contribution in [0, 0.1) is 10.1 Å². The topological polar surface area (TPSA) is 108 Å². The molecular formula is C20H17BrN6O3. The van der Waals surface area contributed by atoms with Crippen molar-refractivity contribution in [2.45, 2.75) is 19.5 Å². The van der Waals surface area contributed by atoms with Crippen LogP contribution in [0.5, 0.6) is 0 Å². The lowest BCUT2D eigenvalue weighted by atomic mass is 10.0. The van der Waals surface area contributed by atoms with Gasteiger partial charge in [-0.05, 0) is 37.2 Å². The fraction of sp³-hybridized carbons (Fsp3) is 0.150. The van der Waals surface area contributed by atoms with Gasteiger partial charge >= 0.3 is 5.82 Å². The van der Waals surface area contributed by atoms with Gasteiger partial charge in [0.15, 0.2) is 5.82 Å². The Kier molecular flexibility index (Phi) is 5.57. The van der Waals surface area contributed by atoms with Crippen molar-refractivity contribution < 1.29 is 9.72 Å². The van der Waals surface area contributed by atoms with E-state index in [9.17, 15) is 14.9 Å². The third-order valence-electron chi connectivity index (χ3n) is 4.56. The summed E-state index contributed by atoms with van der Waals surface area (Å²) in [6.45, 7) is 0.803. The van der Waals surface area contributed by atoms with E-state index in [-0.39, 0.29) is 29.2 Å². The molecular weight excluding hydrogens is 452 g/mol. The minimum absolute atomic E-state index is 0.113. The number of hydrogen-bond acceptors (Lipinski definition) is 5. The summed E-state index contributed by atoms with van der Waals surface area (Å²) in [6.07, 6.45) is 3.40. The molecule has 0 atom stereocenters. The van der Waals surface area contributed by atoms with Gasteiger partial charge in [-0.2, -0.15) is 9.78 Å². The molecule has 0 saturated carbocycles. The van der Waals surface area contributed by atoms with Gasteiger partial charge in [0, 0.05) is 18.7 Å². The zero-order valence-electron chi connectivity index (χ0n) is 15.7. The van der Waals surface area contributed by atoms with Crippen LogP contribution in [0.1, 0.15) is 12.0 Å². The summed E-state index contributed by atoms with van der Waals surface area (Å²) >= 11 is 3.09. The molecule has 9 nitrogen and oxygen atoms in total. The predicted molar refractivity (Wildman–Crippen MR) is 115 cm³/mol. The number of benzene rings is 2. The molecule has 4 rings (SSSR count). The molecule has 0 aliphatic rings. The smallest absolute Gasteiger partial charge is 0.358 e. The largest absolute Gasteiger partial charge is 0.404 e. The van der Waals surface area contributed by atoms with Crippen molar-refractivity contribution in [3.8, 4) is 0 Å². The molecule has 0 unspecified atom stereocenters. The van der Waals surface area contributed by atoms with Crippen LogP contribution in [0.4, 0.5) is 11.6 Å². The first kappa shape index (κ1) is 19.8. The summed E-state index contributed by atoms with van der Waals surface area (Å²) in [6, 6.07) is 16.0. The third kappa shape index (κ3) is 4.38. The molecule has 152 valence electrons. The SMILES string of the molecule is O=C(CCn1cc(Br)c([N+](=O)[O-])n1)Nc1ccn(Cc2cccc3ccccc23)n1. The standard InChI is InChI=1S/C20H17BrN6O3/c21-17-13-26(24-20(17)27(29)30)11-9-19(28)22-18-8-10-25(23-18)12-15-6-3-5-14-4-1-2-7-16(14)15/h1-8,10,13H,9,11-12H2,(H,22,23,28). The monoisotopic (exact) mass is 468 g/mol. The zero-order valence-corrected chi connectivity index (χ0v) is 17.3. The maximum atomic E-state index is 12.2. The number of amides is 1. The first-order valence-corrected chi connectivity index (χ1v) is 9.96. The van der Waals surface area contributed by atoms with Crippen LogP contribution in [0.2, 0.25) is 0 Å². The van der Waals surface area contributed by atoms with Crippen LogP contribution in [0.25, 0.3) is 10.8 Å². The van der Waals surface area contributed by atoms with Crippen LogP contribution in [-0.2, 0) is 17.9 Å². The lowest BCUT2D eigenvalue weighted by molar-refractivity contribution is -0.390. The summed E-state index contributed by atoms with van der Waals surface area (Å²) < 4.78 is 3.41. The summed E-state index contributed by atoms with van der Waals surface area (Å²) in [7, 11) is 0. The van der Waals surface area contributed by atoms with E-state index in [4.69, 9.17) is 0 Å². The number of halogens is 1. The van der Waals surface area contributed by atoms with E-state index in [1.165, 1.54) is 21.7 Å². The van der Waals surface area contributed by atoms with Gasteiger partial charge in [-0.1, -0.05) is 42.5 Å². The van der Waals surface area contributed by atoms with Gasteiger partial charge in [-0.25, -0.2) is 0 Å². The number of nitro groups is 1. The molecule has 2 aromatic carbocycles. The number of nitrogens with zero attached hydrogens (tertiary/aromatic N) is 5. The number of nitrogens with one attached hydrogen (secondary N) is 1. The highest BCUT2D eigenvalue weighted by Crippen LogP contribution is 2.22. The quantitative estimate of drug-likeness (QED) is 0.326. The van der Waals surface area contributed by atoms with Gasteiger partial charge in [0.2, 0.25) is 5.91 Å². The van der Waals surface area contributed by atoms with Crippen molar-refractivity contribution in [3.05, 3.63) is 81.1 Å². The Morgan fingerprint density at radius 1 is 1.10 bits per heavy atom. The van der Waals surface area contributed by atoms with Crippen LogP contribution in [0.15, 0.2) is 65.4 Å². The van der Waals surface area contributed by atoms with Crippen molar-refractivity contribution in [1.82, 2.24) is 19.6 Å². The van der Waals surface area contributed by atoms with E-state index in [2.05, 4.69) is 55.7 Å². The van der Waals surface area contributed by atoms with Crippen molar-refractivity contribution in [2.24, 2.45) is 0 Å². The highest BCUT2D eigenvalue weighted by Gasteiger charge is 2.19. The van der Waals surface area contributed by atoms with E-state index < -0.39 is 4.92 Å².